The van der Waals surface area contributed by atoms with Crippen LogP contribution in [-0.4, -0.2) is 32.3 Å². The normalized spacial score (nSPS) is 9.92. The van der Waals surface area contributed by atoms with E-state index < -0.39 is 5.97 Å². The third kappa shape index (κ3) is 3.85. The van der Waals surface area contributed by atoms with Gasteiger partial charge in [-0.15, -0.1) is 0 Å². The Morgan fingerprint density at radius 3 is 2.54 bits per heavy atom. The first-order valence-corrected chi connectivity index (χ1v) is 7.00. The van der Waals surface area contributed by atoms with Gasteiger partial charge in [0.05, 0.1) is 0 Å². The fourth-order valence-electron chi connectivity index (χ4n) is 0.817. The molecule has 13 heavy (non-hydrogen) atoms. The first-order chi connectivity index (χ1) is 6.22. The Balaban J connectivity index is 2.54. The molecule has 0 atom stereocenters. The summed E-state index contributed by atoms with van der Waals surface area (Å²) >= 11 is 1.76. The third-order valence-electron chi connectivity index (χ3n) is 1.42. The molecule has 0 heterocycles. The minimum atomic E-state index is -0.714. The fraction of sp³-hybridized carbons (Fsp3) is 0.222. The van der Waals surface area contributed by atoms with Crippen LogP contribution in [0.15, 0.2) is 29.2 Å². The Hall–Kier alpha value is -0.441. The first-order valence-electron chi connectivity index (χ1n) is 3.71. The van der Waals surface area contributed by atoms with Gasteiger partial charge in [-0.1, -0.05) is 0 Å². The number of hydrogen-bond donors (Lipinski definition) is 1. The molecule has 0 saturated heterocycles. The van der Waals surface area contributed by atoms with Gasteiger partial charge in [-0.25, -0.2) is 0 Å². The van der Waals surface area contributed by atoms with E-state index in [0.29, 0.717) is 0 Å². The van der Waals surface area contributed by atoms with Gasteiger partial charge < -0.3 is 0 Å². The summed E-state index contributed by atoms with van der Waals surface area (Å²) in [5.74, 6) is -0.714. The van der Waals surface area contributed by atoms with Crippen LogP contribution in [0.3, 0.4) is 0 Å². The molecule has 0 bridgehead atoms. The van der Waals surface area contributed by atoms with Crippen molar-refractivity contribution in [2.24, 2.45) is 0 Å². The number of hydrogen-bond acceptors (Lipinski definition) is 2. The van der Waals surface area contributed by atoms with Crippen LogP contribution < -0.4 is 4.46 Å². The van der Waals surface area contributed by atoms with E-state index in [0.717, 1.165) is 4.46 Å². The second-order valence-electron chi connectivity index (χ2n) is 2.36. The van der Waals surface area contributed by atoms with Gasteiger partial charge in [0, 0.05) is 0 Å². The summed E-state index contributed by atoms with van der Waals surface area (Å²) in [6.07, 6.45) is 2.03. The summed E-state index contributed by atoms with van der Waals surface area (Å²) in [5, 5.41) is 8.76. The van der Waals surface area contributed by atoms with Crippen molar-refractivity contribution in [2.45, 2.75) is 10.2 Å². The van der Waals surface area contributed by atoms with Gasteiger partial charge in [-0.05, 0) is 0 Å². The number of thioether (sulfide) groups is 1. The molecule has 0 radical (unpaired) electrons. The summed E-state index contributed by atoms with van der Waals surface area (Å²) in [6, 6.07) is 8.08. The maximum absolute atomic E-state index is 10.3. The summed E-state index contributed by atoms with van der Waals surface area (Å²) in [6.45, 7) is 0. The third-order valence-corrected chi connectivity index (χ3v) is 4.26. The Morgan fingerprint density at radius 2 is 2.08 bits per heavy atom. The van der Waals surface area contributed by atoms with Crippen LogP contribution in [0, 0.1) is 0 Å². The zero-order valence-electron chi connectivity index (χ0n) is 7.19. The molecule has 1 aromatic carbocycles. The van der Waals surface area contributed by atoms with E-state index in [9.17, 15) is 4.79 Å². The van der Waals surface area contributed by atoms with E-state index in [1.165, 1.54) is 4.90 Å². The molecule has 0 aliphatic rings. The topological polar surface area (TPSA) is 37.3 Å². The van der Waals surface area contributed by atoms with Crippen LogP contribution in [0.2, 0.25) is 5.32 Å². The summed E-state index contributed by atoms with van der Waals surface area (Å²) in [5.41, 5.74) is 0. The summed E-state index contributed by atoms with van der Waals surface area (Å²) in [7, 11) is 0. The molecule has 0 aliphatic heterocycles. The van der Waals surface area contributed by atoms with Crippen LogP contribution >= 0.6 is 11.8 Å². The summed E-state index contributed by atoms with van der Waals surface area (Å²) < 4.78 is 1.15. The summed E-state index contributed by atoms with van der Waals surface area (Å²) in [4.78, 5) is 11.5. The predicted molar refractivity (Wildman–Crippen MR) is 56.1 cm³/mol. The van der Waals surface area contributed by atoms with E-state index in [2.05, 4.69) is 0 Å². The molecule has 0 aliphatic carbocycles. The van der Waals surface area contributed by atoms with Crippen molar-refractivity contribution in [3.63, 3.8) is 0 Å². The number of carbonyl (C=O) groups is 1. The predicted octanol–water partition coefficient (Wildman–Crippen LogP) is 1.24. The number of rotatable bonds is 4. The maximum atomic E-state index is 10.3. The van der Waals surface area contributed by atoms with Crippen molar-refractivity contribution in [2.75, 3.05) is 6.26 Å². The van der Waals surface area contributed by atoms with Crippen molar-refractivity contribution in [3.8, 4) is 0 Å². The Bertz CT molecular complexity index is 284. The molecule has 0 fully saturated rings. The number of carboxylic acids is 1. The standard InChI is InChI=1S/C9H10O2SSe/c1-12-7-2-4-8(5-3-7)13-6-9(10)11/h2-5H,6H2,1H3,(H,10,11). The van der Waals surface area contributed by atoms with Crippen LogP contribution in [0.4, 0.5) is 0 Å². The molecule has 0 amide bonds. The van der Waals surface area contributed by atoms with Gasteiger partial charge in [-0.3, -0.25) is 0 Å². The van der Waals surface area contributed by atoms with Crippen molar-refractivity contribution >= 4 is 37.1 Å². The average Bonchev–Trinajstić information content (AvgIpc) is 2.15. The van der Waals surface area contributed by atoms with Crippen LogP contribution in [0.5, 0.6) is 0 Å². The Kier molecular flexibility index (Phi) is 4.36. The van der Waals surface area contributed by atoms with E-state index in [1.807, 2.05) is 30.5 Å². The molecule has 4 heteroatoms. The second-order valence-corrected chi connectivity index (χ2v) is 5.44. The van der Waals surface area contributed by atoms with Gasteiger partial charge in [0.15, 0.2) is 0 Å². The van der Waals surface area contributed by atoms with Crippen LogP contribution in [-0.2, 0) is 4.79 Å². The molecular weight excluding hydrogens is 251 g/mol. The second kappa shape index (κ2) is 5.32. The molecule has 0 saturated carbocycles. The first kappa shape index (κ1) is 10.6. The van der Waals surface area contributed by atoms with Crippen molar-refractivity contribution in [1.29, 1.82) is 0 Å². The molecule has 1 N–H and O–H groups in total. The molecule has 0 aromatic heterocycles. The van der Waals surface area contributed by atoms with Gasteiger partial charge in [-0.2, -0.15) is 0 Å². The molecule has 0 spiro atoms. The molecule has 0 unspecified atom stereocenters. The van der Waals surface area contributed by atoms with Crippen molar-refractivity contribution in [1.82, 2.24) is 0 Å². The quantitative estimate of drug-likeness (QED) is 0.654. The van der Waals surface area contributed by atoms with Crippen LogP contribution in [0.25, 0.3) is 0 Å². The zero-order chi connectivity index (χ0) is 9.68. The Morgan fingerprint density at radius 1 is 1.46 bits per heavy atom. The van der Waals surface area contributed by atoms with Gasteiger partial charge in [0.25, 0.3) is 0 Å². The Labute approximate surface area is 87.9 Å². The van der Waals surface area contributed by atoms with E-state index in [-0.39, 0.29) is 20.3 Å². The van der Waals surface area contributed by atoms with Crippen LogP contribution in [0.1, 0.15) is 0 Å². The molecule has 70 valence electrons. The minimum absolute atomic E-state index is 0.0722. The monoisotopic (exact) mass is 262 g/mol. The van der Waals surface area contributed by atoms with Crippen molar-refractivity contribution < 1.29 is 9.90 Å². The molecule has 2 nitrogen and oxygen atoms in total. The van der Waals surface area contributed by atoms with Gasteiger partial charge >= 0.3 is 87.8 Å². The van der Waals surface area contributed by atoms with Gasteiger partial charge in [0.1, 0.15) is 0 Å². The zero-order valence-corrected chi connectivity index (χ0v) is 9.72. The number of benzene rings is 1. The SMILES string of the molecule is CSc1ccc([Se]CC(=O)O)cc1. The molecule has 1 aromatic rings. The molecule has 1 rings (SSSR count). The molecular formula is C9H10O2SSe. The van der Waals surface area contributed by atoms with E-state index in [1.54, 1.807) is 11.8 Å². The number of carboxylic acid groups (broad SMARTS) is 1. The number of aliphatic carboxylic acids is 1. The van der Waals surface area contributed by atoms with E-state index in [4.69, 9.17) is 5.11 Å². The van der Waals surface area contributed by atoms with Crippen molar-refractivity contribution in [3.05, 3.63) is 24.3 Å². The van der Waals surface area contributed by atoms with Gasteiger partial charge in [0.2, 0.25) is 0 Å². The average molecular weight is 261 g/mol. The van der Waals surface area contributed by atoms with E-state index >= 15 is 0 Å². The fourth-order valence-corrected chi connectivity index (χ4v) is 2.52.